The Balaban J connectivity index is 1.72. The van der Waals surface area contributed by atoms with E-state index in [0.717, 1.165) is 37.7 Å². The molecular weight excluding hydrogens is 476 g/mol. The van der Waals surface area contributed by atoms with Crippen molar-refractivity contribution in [2.45, 2.75) is 83.3 Å². The smallest absolute Gasteiger partial charge is 0.245 e. The SMILES string of the molecule is CC(C)CC(=O)N(C1CCCC1)[C@H]1CCN(C(=O)[C@@H](Cc2ccc(Cl)cc2)NC(=O)CCN(C)C)C1. The lowest BCUT2D eigenvalue weighted by atomic mass is 10.0. The van der Waals surface area contributed by atoms with Crippen LogP contribution < -0.4 is 5.32 Å². The first kappa shape index (κ1) is 28.5. The highest BCUT2D eigenvalue weighted by Crippen LogP contribution is 2.30. The van der Waals surface area contributed by atoms with Crippen molar-refractivity contribution < 1.29 is 14.4 Å². The molecule has 7 nitrogen and oxygen atoms in total. The van der Waals surface area contributed by atoms with Crippen LogP contribution in [0.3, 0.4) is 0 Å². The Morgan fingerprint density at radius 3 is 2.33 bits per heavy atom. The van der Waals surface area contributed by atoms with E-state index < -0.39 is 6.04 Å². The fourth-order valence-electron chi connectivity index (χ4n) is 5.38. The number of nitrogens with one attached hydrogen (secondary N) is 1. The second-order valence-electron chi connectivity index (χ2n) is 11.1. The van der Waals surface area contributed by atoms with Crippen molar-refractivity contribution in [3.05, 3.63) is 34.9 Å². The van der Waals surface area contributed by atoms with Gasteiger partial charge in [-0.05, 0) is 57.0 Å². The molecule has 3 amide bonds. The first-order valence-electron chi connectivity index (χ1n) is 13.4. The van der Waals surface area contributed by atoms with Gasteiger partial charge in [-0.2, -0.15) is 0 Å². The molecule has 0 aromatic heterocycles. The minimum Gasteiger partial charge on any atom is -0.344 e. The topological polar surface area (TPSA) is 73.0 Å². The zero-order valence-electron chi connectivity index (χ0n) is 22.3. The number of likely N-dealkylation sites (tertiary alicyclic amines) is 1. The van der Waals surface area contributed by atoms with Crippen LogP contribution >= 0.6 is 11.6 Å². The summed E-state index contributed by atoms with van der Waals surface area (Å²) in [6.07, 6.45) is 6.49. The molecule has 1 aromatic carbocycles. The maximum atomic E-state index is 13.7. The van der Waals surface area contributed by atoms with Gasteiger partial charge in [-0.1, -0.05) is 50.4 Å². The molecule has 1 aliphatic carbocycles. The number of hydrogen-bond donors (Lipinski definition) is 1. The minimum absolute atomic E-state index is 0.0453. The Bertz CT molecular complexity index is 883. The van der Waals surface area contributed by atoms with E-state index in [1.807, 2.05) is 36.0 Å². The van der Waals surface area contributed by atoms with Gasteiger partial charge in [0.1, 0.15) is 6.04 Å². The lowest BCUT2D eigenvalue weighted by Crippen LogP contribution is -2.51. The van der Waals surface area contributed by atoms with E-state index in [2.05, 4.69) is 24.1 Å². The average molecular weight is 519 g/mol. The zero-order valence-corrected chi connectivity index (χ0v) is 23.1. The Hall–Kier alpha value is -2.12. The van der Waals surface area contributed by atoms with Crippen LogP contribution in [0.25, 0.3) is 0 Å². The summed E-state index contributed by atoms with van der Waals surface area (Å²) in [7, 11) is 3.84. The molecule has 0 spiro atoms. The Kier molecular flexibility index (Phi) is 10.6. The molecule has 1 saturated carbocycles. The standard InChI is InChI=1S/C28H43ClN4O3/c1-20(2)17-27(35)33(23-7-5-6-8-23)24-13-16-32(19-24)28(36)25(30-26(34)14-15-31(3)4)18-21-9-11-22(29)12-10-21/h9-12,20,23-25H,5-8,13-19H2,1-4H3,(H,30,34)/t24-,25+/m0/s1. The van der Waals surface area contributed by atoms with Gasteiger partial charge in [0, 0.05) is 50.0 Å². The van der Waals surface area contributed by atoms with E-state index in [-0.39, 0.29) is 29.8 Å². The normalized spacial score (nSPS) is 19.2. The number of nitrogens with zero attached hydrogens (tertiary/aromatic N) is 3. The van der Waals surface area contributed by atoms with Gasteiger partial charge < -0.3 is 20.0 Å². The molecule has 1 N–H and O–H groups in total. The summed E-state index contributed by atoms with van der Waals surface area (Å²) >= 11 is 6.04. The molecule has 1 heterocycles. The molecule has 0 radical (unpaired) electrons. The molecule has 36 heavy (non-hydrogen) atoms. The fraction of sp³-hybridized carbons (Fsp3) is 0.679. The molecule has 0 bridgehead atoms. The van der Waals surface area contributed by atoms with Crippen LogP contribution in [0.1, 0.15) is 64.4 Å². The van der Waals surface area contributed by atoms with Gasteiger partial charge in [0.2, 0.25) is 17.7 Å². The number of halogens is 1. The Morgan fingerprint density at radius 2 is 1.72 bits per heavy atom. The van der Waals surface area contributed by atoms with Gasteiger partial charge in [-0.25, -0.2) is 0 Å². The predicted octanol–water partition coefficient (Wildman–Crippen LogP) is 3.74. The molecule has 1 saturated heterocycles. The van der Waals surface area contributed by atoms with E-state index >= 15 is 0 Å². The molecule has 2 fully saturated rings. The number of carbonyl (C=O) groups excluding carboxylic acids is 3. The maximum absolute atomic E-state index is 13.7. The van der Waals surface area contributed by atoms with Gasteiger partial charge in [0.05, 0.1) is 6.04 Å². The third-order valence-corrected chi connectivity index (χ3v) is 7.48. The molecule has 1 aromatic rings. The summed E-state index contributed by atoms with van der Waals surface area (Å²) in [4.78, 5) is 45.5. The van der Waals surface area contributed by atoms with Gasteiger partial charge in [-0.3, -0.25) is 14.4 Å². The monoisotopic (exact) mass is 518 g/mol. The van der Waals surface area contributed by atoms with E-state index in [1.165, 1.54) is 0 Å². The number of rotatable bonds is 11. The number of amides is 3. The summed E-state index contributed by atoms with van der Waals surface area (Å²) in [5.41, 5.74) is 0.945. The van der Waals surface area contributed by atoms with Gasteiger partial charge in [0.15, 0.2) is 0 Å². The molecule has 3 rings (SSSR count). The first-order valence-corrected chi connectivity index (χ1v) is 13.8. The zero-order chi connectivity index (χ0) is 26.2. The number of carbonyl (C=O) groups is 3. The lowest BCUT2D eigenvalue weighted by molar-refractivity contribution is -0.139. The van der Waals surface area contributed by atoms with Gasteiger partial charge in [-0.15, -0.1) is 0 Å². The first-order chi connectivity index (χ1) is 17.1. The van der Waals surface area contributed by atoms with Crippen molar-refractivity contribution in [1.82, 2.24) is 20.0 Å². The maximum Gasteiger partial charge on any atom is 0.245 e. The third-order valence-electron chi connectivity index (χ3n) is 7.23. The summed E-state index contributed by atoms with van der Waals surface area (Å²) < 4.78 is 0. The molecule has 8 heteroatoms. The second kappa shape index (κ2) is 13.4. The minimum atomic E-state index is -0.647. The van der Waals surface area contributed by atoms with Gasteiger partial charge >= 0.3 is 0 Å². The highest BCUT2D eigenvalue weighted by atomic mass is 35.5. The molecule has 1 aliphatic heterocycles. The van der Waals surface area contributed by atoms with E-state index in [1.54, 1.807) is 12.1 Å². The van der Waals surface area contributed by atoms with E-state index in [0.29, 0.717) is 49.8 Å². The molecule has 2 aliphatic rings. The average Bonchev–Trinajstić information content (AvgIpc) is 3.51. The summed E-state index contributed by atoms with van der Waals surface area (Å²) in [6.45, 7) is 5.91. The van der Waals surface area contributed by atoms with Crippen LogP contribution in [0.15, 0.2) is 24.3 Å². The van der Waals surface area contributed by atoms with E-state index in [9.17, 15) is 14.4 Å². The van der Waals surface area contributed by atoms with Crippen LogP contribution in [-0.2, 0) is 20.8 Å². The molecular formula is C28H43ClN4O3. The van der Waals surface area contributed by atoms with Crippen LogP contribution in [-0.4, -0.2) is 84.3 Å². The van der Waals surface area contributed by atoms with Crippen LogP contribution in [0.4, 0.5) is 0 Å². The molecule has 200 valence electrons. The van der Waals surface area contributed by atoms with Crippen LogP contribution in [0, 0.1) is 5.92 Å². The Morgan fingerprint density at radius 1 is 1.06 bits per heavy atom. The van der Waals surface area contributed by atoms with Crippen molar-refractivity contribution in [1.29, 1.82) is 0 Å². The third kappa shape index (κ3) is 8.20. The van der Waals surface area contributed by atoms with Crippen molar-refractivity contribution in [3.63, 3.8) is 0 Å². The number of hydrogen-bond acceptors (Lipinski definition) is 4. The fourth-order valence-corrected chi connectivity index (χ4v) is 5.51. The largest absolute Gasteiger partial charge is 0.344 e. The predicted molar refractivity (Wildman–Crippen MR) is 144 cm³/mol. The van der Waals surface area contributed by atoms with E-state index in [4.69, 9.17) is 11.6 Å². The van der Waals surface area contributed by atoms with Crippen molar-refractivity contribution in [2.75, 3.05) is 33.7 Å². The van der Waals surface area contributed by atoms with Crippen LogP contribution in [0.5, 0.6) is 0 Å². The lowest BCUT2D eigenvalue weighted by Gasteiger charge is -2.35. The van der Waals surface area contributed by atoms with Crippen molar-refractivity contribution in [3.8, 4) is 0 Å². The number of benzene rings is 1. The quantitative estimate of drug-likeness (QED) is 0.484. The highest BCUT2D eigenvalue weighted by Gasteiger charge is 2.39. The van der Waals surface area contributed by atoms with Crippen LogP contribution in [0.2, 0.25) is 5.02 Å². The molecule has 0 unspecified atom stereocenters. The van der Waals surface area contributed by atoms with Gasteiger partial charge in [0.25, 0.3) is 0 Å². The second-order valence-corrected chi connectivity index (χ2v) is 11.5. The molecule has 2 atom stereocenters. The highest BCUT2D eigenvalue weighted by molar-refractivity contribution is 6.30. The summed E-state index contributed by atoms with van der Waals surface area (Å²) in [5, 5.41) is 3.63. The Labute approximate surface area is 221 Å². The van der Waals surface area contributed by atoms with Crippen molar-refractivity contribution in [2.24, 2.45) is 5.92 Å². The summed E-state index contributed by atoms with van der Waals surface area (Å²) in [6, 6.07) is 7.08. The van der Waals surface area contributed by atoms with Crippen molar-refractivity contribution >= 4 is 29.3 Å². The summed E-state index contributed by atoms with van der Waals surface area (Å²) in [5.74, 6) is 0.312.